The van der Waals surface area contributed by atoms with E-state index in [9.17, 15) is 10.1 Å². The number of aromatic nitrogens is 1. The lowest BCUT2D eigenvalue weighted by Gasteiger charge is -2.25. The molecule has 0 N–H and O–H groups in total. The van der Waals surface area contributed by atoms with E-state index in [0.717, 1.165) is 24.3 Å². The standard InChI is InChI=1S/C20H20N4O2/c21-14-16-6-3-8-22-19(16)23-9-4-10-24(12-11-23)20(25)18-13-15-5-1-2-7-17(15)26-18/h1-3,5-8,18H,4,9-13H2/t18-/m0/s1. The number of carbonyl (C=O) groups is 1. The molecule has 0 bridgehead atoms. The van der Waals surface area contributed by atoms with Crippen LogP contribution in [0.2, 0.25) is 0 Å². The summed E-state index contributed by atoms with van der Waals surface area (Å²) in [6.07, 6.45) is 2.75. The zero-order valence-corrected chi connectivity index (χ0v) is 14.5. The Labute approximate surface area is 152 Å². The Hall–Kier alpha value is -3.07. The first kappa shape index (κ1) is 16.4. The summed E-state index contributed by atoms with van der Waals surface area (Å²) in [6, 6.07) is 13.6. The van der Waals surface area contributed by atoms with E-state index in [4.69, 9.17) is 4.74 Å². The lowest BCUT2D eigenvalue weighted by molar-refractivity contribution is -0.137. The first-order valence-corrected chi connectivity index (χ1v) is 8.89. The average Bonchev–Trinajstić information content (AvgIpc) is 2.97. The molecule has 0 unspecified atom stereocenters. The molecule has 1 aromatic carbocycles. The molecule has 6 heteroatoms. The van der Waals surface area contributed by atoms with E-state index >= 15 is 0 Å². The lowest BCUT2D eigenvalue weighted by atomic mass is 10.1. The average molecular weight is 348 g/mol. The van der Waals surface area contributed by atoms with E-state index in [1.54, 1.807) is 18.3 Å². The molecule has 4 rings (SSSR count). The van der Waals surface area contributed by atoms with Gasteiger partial charge in [0.2, 0.25) is 0 Å². The maximum atomic E-state index is 12.9. The van der Waals surface area contributed by atoms with Crippen LogP contribution < -0.4 is 9.64 Å². The molecule has 0 aliphatic carbocycles. The van der Waals surface area contributed by atoms with Crippen molar-refractivity contribution in [3.05, 3.63) is 53.7 Å². The van der Waals surface area contributed by atoms with E-state index in [1.807, 2.05) is 29.2 Å². The van der Waals surface area contributed by atoms with Crippen LogP contribution in [0.5, 0.6) is 5.75 Å². The van der Waals surface area contributed by atoms with Gasteiger partial charge in [-0.3, -0.25) is 4.79 Å². The van der Waals surface area contributed by atoms with Gasteiger partial charge in [0.1, 0.15) is 17.6 Å². The molecular weight excluding hydrogens is 328 g/mol. The van der Waals surface area contributed by atoms with Crippen molar-refractivity contribution in [3.63, 3.8) is 0 Å². The first-order chi connectivity index (χ1) is 12.8. The third-order valence-corrected chi connectivity index (χ3v) is 4.94. The van der Waals surface area contributed by atoms with Gasteiger partial charge in [0.05, 0.1) is 5.56 Å². The third-order valence-electron chi connectivity index (χ3n) is 4.94. The number of anilines is 1. The van der Waals surface area contributed by atoms with Crippen molar-refractivity contribution in [1.82, 2.24) is 9.88 Å². The SMILES string of the molecule is N#Cc1cccnc1N1CCCN(C(=O)[C@@H]2Cc3ccccc3O2)CC1. The van der Waals surface area contributed by atoms with E-state index in [0.29, 0.717) is 37.4 Å². The highest BCUT2D eigenvalue weighted by atomic mass is 16.5. The highest BCUT2D eigenvalue weighted by Crippen LogP contribution is 2.29. The van der Waals surface area contributed by atoms with Gasteiger partial charge in [-0.25, -0.2) is 4.98 Å². The zero-order chi connectivity index (χ0) is 17.9. The quantitative estimate of drug-likeness (QED) is 0.830. The number of amides is 1. The van der Waals surface area contributed by atoms with Crippen LogP contribution in [-0.2, 0) is 11.2 Å². The molecule has 0 spiro atoms. The Morgan fingerprint density at radius 3 is 2.88 bits per heavy atom. The number of nitrogens with zero attached hydrogens (tertiary/aromatic N) is 4. The minimum Gasteiger partial charge on any atom is -0.480 e. The number of pyridine rings is 1. The van der Waals surface area contributed by atoms with E-state index in [2.05, 4.69) is 16.0 Å². The number of rotatable bonds is 2. The van der Waals surface area contributed by atoms with E-state index < -0.39 is 6.10 Å². The van der Waals surface area contributed by atoms with Crippen LogP contribution in [0.4, 0.5) is 5.82 Å². The van der Waals surface area contributed by atoms with Crippen LogP contribution in [0, 0.1) is 11.3 Å². The fourth-order valence-electron chi connectivity index (χ4n) is 3.61. The number of benzene rings is 1. The number of fused-ring (bicyclic) bond motifs is 1. The molecule has 1 amide bonds. The van der Waals surface area contributed by atoms with Gasteiger partial charge in [-0.05, 0) is 30.2 Å². The van der Waals surface area contributed by atoms with Crippen LogP contribution in [0.1, 0.15) is 17.5 Å². The summed E-state index contributed by atoms with van der Waals surface area (Å²) < 4.78 is 5.85. The minimum atomic E-state index is -0.427. The summed E-state index contributed by atoms with van der Waals surface area (Å²) in [5, 5.41) is 9.29. The first-order valence-electron chi connectivity index (χ1n) is 8.89. The second-order valence-electron chi connectivity index (χ2n) is 6.57. The van der Waals surface area contributed by atoms with Crippen molar-refractivity contribution in [2.24, 2.45) is 0 Å². The second-order valence-corrected chi connectivity index (χ2v) is 6.57. The maximum Gasteiger partial charge on any atom is 0.264 e. The van der Waals surface area contributed by atoms with Crippen LogP contribution in [0.3, 0.4) is 0 Å². The predicted molar refractivity (Wildman–Crippen MR) is 96.9 cm³/mol. The van der Waals surface area contributed by atoms with E-state index in [-0.39, 0.29) is 5.91 Å². The summed E-state index contributed by atoms with van der Waals surface area (Å²) in [5.41, 5.74) is 1.66. The highest BCUT2D eigenvalue weighted by Gasteiger charge is 2.33. The van der Waals surface area contributed by atoms with Crippen molar-refractivity contribution in [2.45, 2.75) is 18.9 Å². The lowest BCUT2D eigenvalue weighted by Crippen LogP contribution is -2.43. The highest BCUT2D eigenvalue weighted by molar-refractivity contribution is 5.82. The van der Waals surface area contributed by atoms with Crippen LogP contribution in [0.15, 0.2) is 42.6 Å². The van der Waals surface area contributed by atoms with Crippen LogP contribution in [-0.4, -0.2) is 48.1 Å². The van der Waals surface area contributed by atoms with Crippen molar-refractivity contribution < 1.29 is 9.53 Å². The van der Waals surface area contributed by atoms with E-state index in [1.165, 1.54) is 0 Å². The Bertz CT molecular complexity index is 836. The van der Waals surface area contributed by atoms with Crippen molar-refractivity contribution in [3.8, 4) is 11.8 Å². The number of para-hydroxylation sites is 1. The molecule has 26 heavy (non-hydrogen) atoms. The van der Waals surface area contributed by atoms with Gasteiger partial charge in [-0.1, -0.05) is 18.2 Å². The molecule has 0 radical (unpaired) electrons. The zero-order valence-electron chi connectivity index (χ0n) is 14.5. The van der Waals surface area contributed by atoms with Gasteiger partial charge in [-0.2, -0.15) is 5.26 Å². The van der Waals surface area contributed by atoms with Crippen LogP contribution in [0.25, 0.3) is 0 Å². The molecule has 132 valence electrons. The number of hydrogen-bond acceptors (Lipinski definition) is 5. The Morgan fingerprint density at radius 1 is 1.15 bits per heavy atom. The van der Waals surface area contributed by atoms with Crippen molar-refractivity contribution in [1.29, 1.82) is 5.26 Å². The molecule has 6 nitrogen and oxygen atoms in total. The molecular formula is C20H20N4O2. The van der Waals surface area contributed by atoms with Crippen molar-refractivity contribution in [2.75, 3.05) is 31.1 Å². The van der Waals surface area contributed by atoms with Gasteiger partial charge >= 0.3 is 0 Å². The monoisotopic (exact) mass is 348 g/mol. The van der Waals surface area contributed by atoms with Crippen LogP contribution >= 0.6 is 0 Å². The Morgan fingerprint density at radius 2 is 2.04 bits per heavy atom. The normalized spacial score (nSPS) is 19.3. The largest absolute Gasteiger partial charge is 0.480 e. The molecule has 1 atom stereocenters. The van der Waals surface area contributed by atoms with Gasteiger partial charge < -0.3 is 14.5 Å². The number of hydrogen-bond donors (Lipinski definition) is 0. The molecule has 1 saturated heterocycles. The summed E-state index contributed by atoms with van der Waals surface area (Å²) in [6.45, 7) is 2.75. The molecule has 1 fully saturated rings. The molecule has 1 aromatic heterocycles. The summed E-state index contributed by atoms with van der Waals surface area (Å²) in [7, 11) is 0. The smallest absolute Gasteiger partial charge is 0.264 e. The Balaban J connectivity index is 1.43. The minimum absolute atomic E-state index is 0.0459. The number of carbonyl (C=O) groups excluding carboxylic acids is 1. The Kier molecular flexibility index (Phi) is 4.44. The molecule has 2 aliphatic heterocycles. The van der Waals surface area contributed by atoms with Crippen molar-refractivity contribution >= 4 is 11.7 Å². The summed E-state index contributed by atoms with van der Waals surface area (Å²) >= 11 is 0. The molecule has 2 aliphatic rings. The third kappa shape index (κ3) is 3.08. The van der Waals surface area contributed by atoms with Gasteiger partial charge in [0.15, 0.2) is 6.10 Å². The second kappa shape index (κ2) is 7.04. The van der Waals surface area contributed by atoms with Gasteiger partial charge in [0, 0.05) is 38.8 Å². The predicted octanol–water partition coefficient (Wildman–Crippen LogP) is 2.00. The maximum absolute atomic E-state index is 12.9. The molecule has 2 aromatic rings. The van der Waals surface area contributed by atoms with Gasteiger partial charge in [0.25, 0.3) is 5.91 Å². The number of nitriles is 1. The fraction of sp³-hybridized carbons (Fsp3) is 0.350. The van der Waals surface area contributed by atoms with Gasteiger partial charge in [-0.15, -0.1) is 0 Å². The summed E-state index contributed by atoms with van der Waals surface area (Å²) in [5.74, 6) is 1.56. The fourth-order valence-corrected chi connectivity index (χ4v) is 3.61. The molecule has 3 heterocycles. The topological polar surface area (TPSA) is 69.5 Å². The summed E-state index contributed by atoms with van der Waals surface area (Å²) in [4.78, 5) is 21.2. The number of ether oxygens (including phenoxy) is 1. The molecule has 0 saturated carbocycles.